The zero-order valence-electron chi connectivity index (χ0n) is 15.1. The van der Waals surface area contributed by atoms with E-state index in [0.29, 0.717) is 0 Å². The van der Waals surface area contributed by atoms with Crippen LogP contribution in [0, 0.1) is 17.8 Å². The van der Waals surface area contributed by atoms with E-state index in [1.54, 1.807) is 0 Å². The summed E-state index contributed by atoms with van der Waals surface area (Å²) in [5, 5.41) is 3.39. The van der Waals surface area contributed by atoms with Gasteiger partial charge < -0.3 is 10.1 Å². The number of fused-ring (bicyclic) bond motifs is 1. The predicted molar refractivity (Wildman–Crippen MR) is 97.6 cm³/mol. The molecule has 4 saturated carbocycles. The minimum Gasteiger partial charge on any atom is -0.484 e. The Morgan fingerprint density at radius 3 is 2.32 bits per heavy atom. The van der Waals surface area contributed by atoms with Crippen LogP contribution in [-0.4, -0.2) is 18.1 Å². The van der Waals surface area contributed by atoms with Crippen LogP contribution in [0.4, 0.5) is 0 Å². The Labute approximate surface area is 150 Å². The van der Waals surface area contributed by atoms with Gasteiger partial charge in [0.25, 0.3) is 5.91 Å². The standard InChI is InChI=1S/C22H29NO2/c24-21(14-25-20-6-5-18-3-1-2-4-19(18)10-20)23-22-11-15-7-16(12-22)9-17(8-15)13-22/h5-6,10,15-17H,1-4,7-9,11-14H2,(H,23,24). The van der Waals surface area contributed by atoms with E-state index < -0.39 is 0 Å². The highest BCUT2D eigenvalue weighted by Crippen LogP contribution is 2.55. The van der Waals surface area contributed by atoms with Gasteiger partial charge in [-0.15, -0.1) is 0 Å². The molecule has 134 valence electrons. The highest BCUT2D eigenvalue weighted by Gasteiger charge is 2.51. The Kier molecular flexibility index (Phi) is 3.79. The highest BCUT2D eigenvalue weighted by atomic mass is 16.5. The van der Waals surface area contributed by atoms with E-state index in [2.05, 4.69) is 17.4 Å². The number of hydrogen-bond acceptors (Lipinski definition) is 2. The molecule has 0 heterocycles. The van der Waals surface area contributed by atoms with Crippen molar-refractivity contribution >= 4 is 5.91 Å². The zero-order chi connectivity index (χ0) is 16.9. The molecule has 1 aromatic carbocycles. The average Bonchev–Trinajstić information content (AvgIpc) is 2.58. The van der Waals surface area contributed by atoms with Crippen molar-refractivity contribution in [3.8, 4) is 5.75 Å². The lowest BCUT2D eigenvalue weighted by Crippen LogP contribution is -2.60. The molecule has 25 heavy (non-hydrogen) atoms. The van der Waals surface area contributed by atoms with E-state index in [0.717, 1.165) is 29.9 Å². The second-order valence-electron chi connectivity index (χ2n) is 9.17. The molecule has 0 spiro atoms. The van der Waals surface area contributed by atoms with Gasteiger partial charge in [-0.1, -0.05) is 6.07 Å². The third kappa shape index (κ3) is 3.07. The Morgan fingerprint density at radius 2 is 1.64 bits per heavy atom. The third-order valence-corrected chi connectivity index (χ3v) is 7.13. The van der Waals surface area contributed by atoms with Crippen LogP contribution in [0.15, 0.2) is 18.2 Å². The number of ether oxygens (including phenoxy) is 1. The number of hydrogen-bond donors (Lipinski definition) is 1. The van der Waals surface area contributed by atoms with Crippen molar-refractivity contribution in [1.29, 1.82) is 0 Å². The SMILES string of the molecule is O=C(COc1ccc2c(c1)CCCC2)NC12CC3CC(CC(C3)C1)C2. The van der Waals surface area contributed by atoms with Crippen molar-refractivity contribution in [3.63, 3.8) is 0 Å². The molecule has 4 bridgehead atoms. The Balaban J connectivity index is 1.20. The molecule has 0 radical (unpaired) electrons. The summed E-state index contributed by atoms with van der Waals surface area (Å²) in [7, 11) is 0. The van der Waals surface area contributed by atoms with Crippen molar-refractivity contribution in [1.82, 2.24) is 5.32 Å². The summed E-state index contributed by atoms with van der Waals surface area (Å²) in [5.41, 5.74) is 2.95. The first-order chi connectivity index (χ1) is 12.2. The Morgan fingerprint density at radius 1 is 1.00 bits per heavy atom. The first kappa shape index (κ1) is 15.7. The first-order valence-electron chi connectivity index (χ1n) is 10.2. The van der Waals surface area contributed by atoms with Crippen molar-refractivity contribution in [2.75, 3.05) is 6.61 Å². The molecular formula is C22H29NO2. The van der Waals surface area contributed by atoms with E-state index in [1.165, 1.54) is 68.9 Å². The first-order valence-corrected chi connectivity index (χ1v) is 10.2. The molecule has 0 saturated heterocycles. The lowest BCUT2D eigenvalue weighted by Gasteiger charge is -2.56. The van der Waals surface area contributed by atoms with Crippen LogP contribution in [0.25, 0.3) is 0 Å². The molecule has 0 aromatic heterocycles. The van der Waals surface area contributed by atoms with Crippen molar-refractivity contribution in [2.45, 2.75) is 69.7 Å². The zero-order valence-corrected chi connectivity index (χ0v) is 15.1. The van der Waals surface area contributed by atoms with Gasteiger partial charge in [-0.05, 0) is 105 Å². The van der Waals surface area contributed by atoms with Crippen LogP contribution in [0.1, 0.15) is 62.5 Å². The molecule has 6 rings (SSSR count). The Bertz CT molecular complexity index is 645. The summed E-state index contributed by atoms with van der Waals surface area (Å²) in [6, 6.07) is 6.36. The molecule has 3 heteroatoms. The van der Waals surface area contributed by atoms with Crippen LogP contribution in [0.3, 0.4) is 0 Å². The van der Waals surface area contributed by atoms with Crippen LogP contribution < -0.4 is 10.1 Å². The summed E-state index contributed by atoms with van der Waals surface area (Å²) in [6.45, 7) is 0.153. The fourth-order valence-electron chi connectivity index (χ4n) is 6.54. The maximum absolute atomic E-state index is 12.6. The molecule has 5 aliphatic rings. The predicted octanol–water partition coefficient (Wildman–Crippen LogP) is 4.03. The molecule has 5 aliphatic carbocycles. The molecule has 0 aliphatic heterocycles. The molecule has 1 amide bonds. The van der Waals surface area contributed by atoms with Gasteiger partial charge in [-0.2, -0.15) is 0 Å². The number of carbonyl (C=O) groups is 1. The van der Waals surface area contributed by atoms with Gasteiger partial charge in [0.05, 0.1) is 0 Å². The molecule has 0 atom stereocenters. The van der Waals surface area contributed by atoms with Crippen LogP contribution >= 0.6 is 0 Å². The fraction of sp³-hybridized carbons (Fsp3) is 0.682. The van der Waals surface area contributed by atoms with Crippen molar-refractivity contribution in [3.05, 3.63) is 29.3 Å². The van der Waals surface area contributed by atoms with Gasteiger partial charge in [0.15, 0.2) is 6.61 Å². The highest BCUT2D eigenvalue weighted by molar-refractivity contribution is 5.78. The van der Waals surface area contributed by atoms with Gasteiger partial charge in [0.1, 0.15) is 5.75 Å². The number of carbonyl (C=O) groups excluding carboxylic acids is 1. The minimum atomic E-state index is 0.0691. The van der Waals surface area contributed by atoms with Crippen LogP contribution in [0.5, 0.6) is 5.75 Å². The number of amides is 1. The summed E-state index contributed by atoms with van der Waals surface area (Å²) >= 11 is 0. The van der Waals surface area contributed by atoms with Gasteiger partial charge in [-0.25, -0.2) is 0 Å². The third-order valence-electron chi connectivity index (χ3n) is 7.13. The maximum Gasteiger partial charge on any atom is 0.258 e. The van der Waals surface area contributed by atoms with E-state index >= 15 is 0 Å². The fourth-order valence-corrected chi connectivity index (χ4v) is 6.54. The second kappa shape index (κ2) is 6.03. The number of nitrogens with one attached hydrogen (secondary N) is 1. The number of rotatable bonds is 4. The second-order valence-corrected chi connectivity index (χ2v) is 9.17. The normalized spacial score (nSPS) is 35.3. The van der Waals surface area contributed by atoms with Gasteiger partial charge >= 0.3 is 0 Å². The maximum atomic E-state index is 12.6. The van der Waals surface area contributed by atoms with Crippen LogP contribution in [-0.2, 0) is 17.6 Å². The summed E-state index contributed by atoms with van der Waals surface area (Å²) in [6.07, 6.45) is 12.7. The molecule has 0 unspecified atom stereocenters. The summed E-state index contributed by atoms with van der Waals surface area (Å²) in [4.78, 5) is 12.6. The molecule has 4 fully saturated rings. The summed E-state index contributed by atoms with van der Waals surface area (Å²) < 4.78 is 5.84. The Hall–Kier alpha value is -1.51. The van der Waals surface area contributed by atoms with Gasteiger partial charge in [0.2, 0.25) is 0 Å². The van der Waals surface area contributed by atoms with Crippen molar-refractivity contribution in [2.24, 2.45) is 17.8 Å². The number of benzene rings is 1. The van der Waals surface area contributed by atoms with E-state index in [9.17, 15) is 4.79 Å². The molecular weight excluding hydrogens is 310 g/mol. The lowest BCUT2D eigenvalue weighted by molar-refractivity contribution is -0.128. The quantitative estimate of drug-likeness (QED) is 0.899. The largest absolute Gasteiger partial charge is 0.484 e. The summed E-state index contributed by atoms with van der Waals surface area (Å²) in [5.74, 6) is 3.48. The van der Waals surface area contributed by atoms with Gasteiger partial charge in [-0.3, -0.25) is 4.79 Å². The topological polar surface area (TPSA) is 38.3 Å². The minimum absolute atomic E-state index is 0.0691. The van der Waals surface area contributed by atoms with Gasteiger partial charge in [0, 0.05) is 5.54 Å². The molecule has 1 aromatic rings. The van der Waals surface area contributed by atoms with E-state index in [1.807, 2.05) is 6.07 Å². The lowest BCUT2D eigenvalue weighted by atomic mass is 9.53. The number of aryl methyl sites for hydroxylation is 2. The van der Waals surface area contributed by atoms with Crippen molar-refractivity contribution < 1.29 is 9.53 Å². The van der Waals surface area contributed by atoms with Crippen LogP contribution in [0.2, 0.25) is 0 Å². The molecule has 3 nitrogen and oxygen atoms in total. The van der Waals surface area contributed by atoms with E-state index in [4.69, 9.17) is 4.74 Å². The van der Waals surface area contributed by atoms with E-state index in [-0.39, 0.29) is 18.1 Å². The average molecular weight is 339 g/mol. The molecule has 1 N–H and O–H groups in total. The monoisotopic (exact) mass is 339 g/mol. The smallest absolute Gasteiger partial charge is 0.258 e.